The zero-order chi connectivity index (χ0) is 7.02. The molecule has 1 aliphatic rings. The van der Waals surface area contributed by atoms with E-state index in [-0.39, 0.29) is 18.9 Å². The molecule has 0 spiro atoms. The van der Waals surface area contributed by atoms with E-state index in [2.05, 4.69) is 33.8 Å². The third-order valence-electron chi connectivity index (χ3n) is 2.37. The van der Waals surface area contributed by atoms with E-state index in [1.54, 1.807) is 0 Å². The molecule has 50 valence electrons. The normalized spacial score (nSPS) is 24.4. The van der Waals surface area contributed by atoms with Gasteiger partial charge in [-0.15, -0.1) is 0 Å². The van der Waals surface area contributed by atoms with Crippen molar-refractivity contribution >= 4 is 0 Å². The van der Waals surface area contributed by atoms with Gasteiger partial charge in [0.2, 0.25) is 0 Å². The standard InChI is InChI=1S/C9H14.Li/c1-6-5-7(2)9(4)8(6)3;/h5-6H,1-4H3;/q;+1. The van der Waals surface area contributed by atoms with Gasteiger partial charge in [0.15, 0.2) is 0 Å². The van der Waals surface area contributed by atoms with Crippen molar-refractivity contribution in [3.05, 3.63) is 22.8 Å². The molecule has 10 heavy (non-hydrogen) atoms. The average Bonchev–Trinajstić information content (AvgIpc) is 1.98. The van der Waals surface area contributed by atoms with Gasteiger partial charge < -0.3 is 0 Å². The van der Waals surface area contributed by atoms with Crippen molar-refractivity contribution in [2.45, 2.75) is 27.7 Å². The van der Waals surface area contributed by atoms with Crippen molar-refractivity contribution in [1.29, 1.82) is 0 Å². The molecule has 0 fully saturated rings. The van der Waals surface area contributed by atoms with Gasteiger partial charge in [-0.1, -0.05) is 24.1 Å². The fraction of sp³-hybridized carbons (Fsp3) is 0.556. The summed E-state index contributed by atoms with van der Waals surface area (Å²) in [6.07, 6.45) is 2.32. The molecule has 0 saturated heterocycles. The first-order valence-corrected chi connectivity index (χ1v) is 3.49. The summed E-state index contributed by atoms with van der Waals surface area (Å²) < 4.78 is 0. The van der Waals surface area contributed by atoms with Gasteiger partial charge in [0.25, 0.3) is 0 Å². The molecular weight excluding hydrogens is 115 g/mol. The van der Waals surface area contributed by atoms with Crippen LogP contribution in [0.4, 0.5) is 0 Å². The van der Waals surface area contributed by atoms with Crippen LogP contribution in [-0.4, -0.2) is 0 Å². The summed E-state index contributed by atoms with van der Waals surface area (Å²) in [6, 6.07) is 0. The number of hydrogen-bond acceptors (Lipinski definition) is 0. The van der Waals surface area contributed by atoms with Crippen LogP contribution in [0.2, 0.25) is 0 Å². The van der Waals surface area contributed by atoms with Crippen LogP contribution in [0.5, 0.6) is 0 Å². The summed E-state index contributed by atoms with van der Waals surface area (Å²) in [5, 5.41) is 0. The zero-order valence-corrected chi connectivity index (χ0v) is 7.65. The van der Waals surface area contributed by atoms with Crippen LogP contribution < -0.4 is 18.9 Å². The smallest absolute Gasteiger partial charge is 0.0744 e. The van der Waals surface area contributed by atoms with Crippen LogP contribution in [-0.2, 0) is 0 Å². The average molecular weight is 129 g/mol. The quantitative estimate of drug-likeness (QED) is 0.401. The van der Waals surface area contributed by atoms with Crippen LogP contribution in [0.15, 0.2) is 22.8 Å². The van der Waals surface area contributed by atoms with Crippen molar-refractivity contribution in [2.24, 2.45) is 5.92 Å². The minimum Gasteiger partial charge on any atom is -0.0744 e. The maximum Gasteiger partial charge on any atom is 1.00 e. The van der Waals surface area contributed by atoms with Gasteiger partial charge in [-0.05, 0) is 32.3 Å². The van der Waals surface area contributed by atoms with E-state index >= 15 is 0 Å². The van der Waals surface area contributed by atoms with Crippen LogP contribution >= 0.6 is 0 Å². The van der Waals surface area contributed by atoms with Gasteiger partial charge in [-0.2, -0.15) is 0 Å². The number of hydrogen-bond donors (Lipinski definition) is 0. The summed E-state index contributed by atoms with van der Waals surface area (Å²) in [4.78, 5) is 0. The van der Waals surface area contributed by atoms with Crippen molar-refractivity contribution in [2.75, 3.05) is 0 Å². The largest absolute Gasteiger partial charge is 1.00 e. The molecule has 1 heteroatoms. The van der Waals surface area contributed by atoms with Crippen LogP contribution in [0.3, 0.4) is 0 Å². The van der Waals surface area contributed by atoms with Gasteiger partial charge in [-0.3, -0.25) is 0 Å². The molecule has 0 aromatic carbocycles. The van der Waals surface area contributed by atoms with Crippen LogP contribution in [0.1, 0.15) is 27.7 Å². The van der Waals surface area contributed by atoms with E-state index in [9.17, 15) is 0 Å². The molecule has 0 aromatic rings. The SMILES string of the molecule is CC1=CC(C)C(C)=C1C.[Li+]. The monoisotopic (exact) mass is 129 g/mol. The second-order valence-electron chi connectivity index (χ2n) is 2.95. The minimum absolute atomic E-state index is 0. The Balaban J connectivity index is 0.000000810. The van der Waals surface area contributed by atoms with Crippen molar-refractivity contribution < 1.29 is 18.9 Å². The summed E-state index contributed by atoms with van der Waals surface area (Å²) in [5.74, 6) is 0.685. The van der Waals surface area contributed by atoms with Gasteiger partial charge >= 0.3 is 18.9 Å². The Morgan fingerprint density at radius 3 is 1.80 bits per heavy atom. The predicted molar refractivity (Wildman–Crippen MR) is 41.3 cm³/mol. The molecule has 0 amide bonds. The Morgan fingerprint density at radius 1 is 1.20 bits per heavy atom. The summed E-state index contributed by atoms with van der Waals surface area (Å²) in [5.41, 5.74) is 4.48. The van der Waals surface area contributed by atoms with Crippen LogP contribution in [0, 0.1) is 5.92 Å². The summed E-state index contributed by atoms with van der Waals surface area (Å²) in [6.45, 7) is 8.84. The van der Waals surface area contributed by atoms with E-state index < -0.39 is 0 Å². The first kappa shape index (κ1) is 10.1. The maximum absolute atomic E-state index is 2.32. The fourth-order valence-electron chi connectivity index (χ4n) is 1.28. The molecule has 1 aliphatic carbocycles. The number of rotatable bonds is 0. The van der Waals surface area contributed by atoms with Crippen molar-refractivity contribution in [1.82, 2.24) is 0 Å². The predicted octanol–water partition coefficient (Wildman–Crippen LogP) is -0.0772. The zero-order valence-electron chi connectivity index (χ0n) is 7.65. The van der Waals surface area contributed by atoms with Crippen molar-refractivity contribution in [3.8, 4) is 0 Å². The molecule has 1 atom stereocenters. The summed E-state index contributed by atoms with van der Waals surface area (Å²) in [7, 11) is 0. The van der Waals surface area contributed by atoms with Gasteiger partial charge in [0, 0.05) is 0 Å². The Labute approximate surface area is 75.6 Å². The van der Waals surface area contributed by atoms with Crippen molar-refractivity contribution in [3.63, 3.8) is 0 Å². The van der Waals surface area contributed by atoms with E-state index in [1.165, 1.54) is 16.7 Å². The molecule has 0 N–H and O–H groups in total. The Morgan fingerprint density at radius 2 is 1.70 bits per heavy atom. The molecule has 1 unspecified atom stereocenters. The second kappa shape index (κ2) is 3.46. The topological polar surface area (TPSA) is 0 Å². The Bertz CT molecular complexity index is 187. The number of allylic oxidation sites excluding steroid dienone is 4. The van der Waals surface area contributed by atoms with Gasteiger partial charge in [0.1, 0.15) is 0 Å². The summed E-state index contributed by atoms with van der Waals surface area (Å²) >= 11 is 0. The van der Waals surface area contributed by atoms with E-state index in [0.717, 1.165) is 0 Å². The molecule has 0 saturated carbocycles. The third kappa shape index (κ3) is 1.57. The second-order valence-corrected chi connectivity index (χ2v) is 2.95. The third-order valence-corrected chi connectivity index (χ3v) is 2.37. The Kier molecular flexibility index (Phi) is 3.49. The fourth-order valence-corrected chi connectivity index (χ4v) is 1.28. The van der Waals surface area contributed by atoms with E-state index in [0.29, 0.717) is 5.92 Å². The molecule has 0 bridgehead atoms. The molecule has 1 rings (SSSR count). The molecule has 0 nitrogen and oxygen atoms in total. The van der Waals surface area contributed by atoms with E-state index in [4.69, 9.17) is 0 Å². The minimum atomic E-state index is 0. The first-order valence-electron chi connectivity index (χ1n) is 3.49. The molecule has 0 heterocycles. The Hall–Kier alpha value is 0.0774. The van der Waals surface area contributed by atoms with E-state index in [1.807, 2.05) is 0 Å². The van der Waals surface area contributed by atoms with Gasteiger partial charge in [0.05, 0.1) is 0 Å². The van der Waals surface area contributed by atoms with Gasteiger partial charge in [-0.25, -0.2) is 0 Å². The molecular formula is C9H14Li+. The molecule has 0 aromatic heterocycles. The van der Waals surface area contributed by atoms with Crippen LogP contribution in [0.25, 0.3) is 0 Å². The molecule has 0 radical (unpaired) electrons. The molecule has 0 aliphatic heterocycles. The maximum atomic E-state index is 2.32. The first-order chi connectivity index (χ1) is 4.13.